The Morgan fingerprint density at radius 1 is 1.13 bits per heavy atom. The van der Waals surface area contributed by atoms with Gasteiger partial charge in [0.15, 0.2) is 0 Å². The first kappa shape index (κ1) is 15.6. The molecular formula is C19H22N2O2. The molecule has 1 fully saturated rings. The third-order valence-electron chi connectivity index (χ3n) is 4.24. The van der Waals surface area contributed by atoms with Crippen molar-refractivity contribution in [3.05, 3.63) is 60.2 Å². The Balaban J connectivity index is 1.64. The molecule has 0 aromatic heterocycles. The fraction of sp³-hybridized carbons (Fsp3) is 0.316. The van der Waals surface area contributed by atoms with E-state index in [0.717, 1.165) is 31.6 Å². The summed E-state index contributed by atoms with van der Waals surface area (Å²) in [6.45, 7) is 1.97. The number of rotatable bonds is 4. The van der Waals surface area contributed by atoms with Crippen LogP contribution in [0.25, 0.3) is 0 Å². The molecule has 1 atom stereocenters. The van der Waals surface area contributed by atoms with E-state index < -0.39 is 0 Å². The fourth-order valence-electron chi connectivity index (χ4n) is 2.91. The summed E-state index contributed by atoms with van der Waals surface area (Å²) >= 11 is 0. The van der Waals surface area contributed by atoms with Crippen LogP contribution < -0.4 is 10.2 Å². The monoisotopic (exact) mass is 310 g/mol. The molecule has 120 valence electrons. The summed E-state index contributed by atoms with van der Waals surface area (Å²) in [4.78, 5) is 14.5. The van der Waals surface area contributed by atoms with Crippen LogP contribution >= 0.6 is 0 Å². The van der Waals surface area contributed by atoms with Crippen LogP contribution in [-0.2, 0) is 4.74 Å². The van der Waals surface area contributed by atoms with Gasteiger partial charge in [-0.1, -0.05) is 18.2 Å². The number of carbonyl (C=O) groups is 1. The summed E-state index contributed by atoms with van der Waals surface area (Å²) in [7, 11) is 1.77. The number of hydrogen-bond donors (Lipinski definition) is 1. The Bertz CT molecular complexity index is 640. The lowest BCUT2D eigenvalue weighted by Crippen LogP contribution is -2.39. The molecule has 4 nitrogen and oxygen atoms in total. The van der Waals surface area contributed by atoms with Crippen molar-refractivity contribution in [3.63, 3.8) is 0 Å². The van der Waals surface area contributed by atoms with Gasteiger partial charge in [0.25, 0.3) is 5.91 Å². The zero-order chi connectivity index (χ0) is 16.1. The van der Waals surface area contributed by atoms with Crippen LogP contribution in [0.5, 0.6) is 0 Å². The Hall–Kier alpha value is -2.33. The first-order valence-electron chi connectivity index (χ1n) is 8.00. The maximum Gasteiger partial charge on any atom is 0.255 e. The Morgan fingerprint density at radius 3 is 2.57 bits per heavy atom. The molecule has 23 heavy (non-hydrogen) atoms. The van der Waals surface area contributed by atoms with Gasteiger partial charge in [0.2, 0.25) is 0 Å². The number of methoxy groups -OCH3 is 1. The summed E-state index contributed by atoms with van der Waals surface area (Å²) in [5.41, 5.74) is 2.64. The van der Waals surface area contributed by atoms with E-state index in [1.165, 1.54) is 5.69 Å². The highest BCUT2D eigenvalue weighted by Gasteiger charge is 2.19. The summed E-state index contributed by atoms with van der Waals surface area (Å²) in [6.07, 6.45) is 2.57. The van der Waals surface area contributed by atoms with Crippen LogP contribution in [0, 0.1) is 0 Å². The van der Waals surface area contributed by atoms with Crippen LogP contribution in [0.15, 0.2) is 54.6 Å². The fourth-order valence-corrected chi connectivity index (χ4v) is 2.91. The van der Waals surface area contributed by atoms with Crippen LogP contribution in [0.3, 0.4) is 0 Å². The number of nitrogens with one attached hydrogen (secondary N) is 1. The van der Waals surface area contributed by atoms with Gasteiger partial charge in [-0.2, -0.15) is 0 Å². The average Bonchev–Trinajstić information content (AvgIpc) is 2.63. The normalized spacial score (nSPS) is 17.8. The van der Waals surface area contributed by atoms with E-state index in [2.05, 4.69) is 22.3 Å². The molecule has 1 aliphatic heterocycles. The van der Waals surface area contributed by atoms with Crippen molar-refractivity contribution in [1.29, 1.82) is 0 Å². The Kier molecular flexibility index (Phi) is 4.93. The summed E-state index contributed by atoms with van der Waals surface area (Å²) in [5, 5.41) is 2.93. The van der Waals surface area contributed by atoms with Crippen molar-refractivity contribution in [2.45, 2.75) is 18.9 Å². The van der Waals surface area contributed by atoms with Gasteiger partial charge in [-0.15, -0.1) is 0 Å². The molecule has 1 aliphatic rings. The molecule has 1 amide bonds. The van der Waals surface area contributed by atoms with Gasteiger partial charge in [0.05, 0.1) is 6.10 Å². The standard InChI is InChI=1S/C19H22N2O2/c1-23-18-8-5-13-21(14-18)17-11-9-16(10-12-17)20-19(22)15-6-3-2-4-7-15/h2-4,6-7,9-12,18H,5,8,13-14H2,1H3,(H,20,22). The van der Waals surface area contributed by atoms with E-state index in [-0.39, 0.29) is 5.91 Å². The van der Waals surface area contributed by atoms with Crippen LogP contribution in [0.1, 0.15) is 23.2 Å². The Morgan fingerprint density at radius 2 is 1.87 bits per heavy atom. The van der Waals surface area contributed by atoms with Crippen molar-refractivity contribution in [3.8, 4) is 0 Å². The first-order valence-corrected chi connectivity index (χ1v) is 8.00. The molecule has 1 saturated heterocycles. The summed E-state index contributed by atoms with van der Waals surface area (Å²) in [5.74, 6) is -0.0873. The Labute approximate surface area is 137 Å². The number of amides is 1. The third-order valence-corrected chi connectivity index (χ3v) is 4.24. The first-order chi connectivity index (χ1) is 11.3. The summed E-state index contributed by atoms with van der Waals surface area (Å²) in [6, 6.07) is 17.2. The van der Waals surface area contributed by atoms with E-state index >= 15 is 0 Å². The second-order valence-corrected chi connectivity index (χ2v) is 5.81. The minimum absolute atomic E-state index is 0.0873. The zero-order valence-electron chi connectivity index (χ0n) is 13.4. The molecule has 1 unspecified atom stereocenters. The lowest BCUT2D eigenvalue weighted by molar-refractivity contribution is 0.0893. The number of carbonyl (C=O) groups excluding carboxylic acids is 1. The van der Waals surface area contributed by atoms with Gasteiger partial charge in [-0.3, -0.25) is 4.79 Å². The molecule has 0 radical (unpaired) electrons. The highest BCUT2D eigenvalue weighted by molar-refractivity contribution is 6.04. The molecule has 0 bridgehead atoms. The molecule has 0 saturated carbocycles. The third kappa shape index (κ3) is 3.90. The molecule has 2 aromatic rings. The van der Waals surface area contributed by atoms with Crippen LogP contribution in [0.4, 0.5) is 11.4 Å². The molecule has 0 aliphatic carbocycles. The molecule has 1 N–H and O–H groups in total. The number of hydrogen-bond acceptors (Lipinski definition) is 3. The van der Waals surface area contributed by atoms with Crippen LogP contribution in [0.2, 0.25) is 0 Å². The molecular weight excluding hydrogens is 288 g/mol. The van der Waals surface area contributed by atoms with Gasteiger partial charge in [0, 0.05) is 37.1 Å². The van der Waals surface area contributed by atoms with Crippen molar-refractivity contribution in [1.82, 2.24) is 0 Å². The minimum Gasteiger partial charge on any atom is -0.380 e. The van der Waals surface area contributed by atoms with Gasteiger partial charge in [-0.05, 0) is 49.2 Å². The van der Waals surface area contributed by atoms with Crippen LogP contribution in [-0.4, -0.2) is 32.2 Å². The van der Waals surface area contributed by atoms with E-state index in [4.69, 9.17) is 4.74 Å². The molecule has 3 rings (SSSR count). The quantitative estimate of drug-likeness (QED) is 0.939. The number of nitrogens with zero attached hydrogens (tertiary/aromatic N) is 1. The second-order valence-electron chi connectivity index (χ2n) is 5.81. The number of piperidine rings is 1. The lowest BCUT2D eigenvalue weighted by Gasteiger charge is -2.33. The number of benzene rings is 2. The van der Waals surface area contributed by atoms with E-state index in [1.807, 2.05) is 42.5 Å². The van der Waals surface area contributed by atoms with Crippen molar-refractivity contribution in [2.24, 2.45) is 0 Å². The highest BCUT2D eigenvalue weighted by atomic mass is 16.5. The van der Waals surface area contributed by atoms with Gasteiger partial charge in [-0.25, -0.2) is 0 Å². The second kappa shape index (κ2) is 7.29. The topological polar surface area (TPSA) is 41.6 Å². The van der Waals surface area contributed by atoms with E-state index in [0.29, 0.717) is 11.7 Å². The van der Waals surface area contributed by atoms with Gasteiger partial charge < -0.3 is 15.0 Å². The smallest absolute Gasteiger partial charge is 0.255 e. The van der Waals surface area contributed by atoms with Crippen molar-refractivity contribution >= 4 is 17.3 Å². The highest BCUT2D eigenvalue weighted by Crippen LogP contribution is 2.23. The SMILES string of the molecule is COC1CCCN(c2ccc(NC(=O)c3ccccc3)cc2)C1. The summed E-state index contributed by atoms with van der Waals surface area (Å²) < 4.78 is 5.47. The molecule has 4 heteroatoms. The van der Waals surface area contributed by atoms with Crippen molar-refractivity contribution in [2.75, 3.05) is 30.4 Å². The zero-order valence-corrected chi connectivity index (χ0v) is 13.4. The van der Waals surface area contributed by atoms with Crippen molar-refractivity contribution < 1.29 is 9.53 Å². The minimum atomic E-state index is -0.0873. The van der Waals surface area contributed by atoms with E-state index in [1.54, 1.807) is 7.11 Å². The maximum atomic E-state index is 12.1. The van der Waals surface area contributed by atoms with E-state index in [9.17, 15) is 4.79 Å². The molecule has 0 spiro atoms. The number of anilines is 2. The molecule has 1 heterocycles. The average molecular weight is 310 g/mol. The number of ether oxygens (including phenoxy) is 1. The maximum absolute atomic E-state index is 12.1. The molecule has 2 aromatic carbocycles. The van der Waals surface area contributed by atoms with Gasteiger partial charge in [0.1, 0.15) is 0 Å². The predicted molar refractivity (Wildman–Crippen MR) is 93.1 cm³/mol. The lowest BCUT2D eigenvalue weighted by atomic mass is 10.1. The largest absolute Gasteiger partial charge is 0.380 e. The van der Waals surface area contributed by atoms with Gasteiger partial charge >= 0.3 is 0 Å². The predicted octanol–water partition coefficient (Wildman–Crippen LogP) is 3.55.